The lowest BCUT2D eigenvalue weighted by Gasteiger charge is -2.16. The number of carboxylic acid groups (broad SMARTS) is 1. The first-order chi connectivity index (χ1) is 16.9. The SMILES string of the molecule is CCOc1ccc2c(ccn2S(=O)(=O)c2ccc3ccccc3c2)c1CN(C)C.O=C(O)C(F)(F)F. The van der Waals surface area contributed by atoms with E-state index in [1.54, 1.807) is 18.3 Å². The number of halogens is 3. The quantitative estimate of drug-likeness (QED) is 0.378. The Kier molecular flexibility index (Phi) is 7.95. The van der Waals surface area contributed by atoms with E-state index in [4.69, 9.17) is 14.6 Å². The molecule has 0 aliphatic rings. The molecule has 36 heavy (non-hydrogen) atoms. The summed E-state index contributed by atoms with van der Waals surface area (Å²) in [6.07, 6.45) is -3.45. The number of rotatable bonds is 6. The van der Waals surface area contributed by atoms with Crippen LogP contribution in [0.15, 0.2) is 71.8 Å². The molecule has 0 saturated carbocycles. The number of alkyl halides is 3. The van der Waals surface area contributed by atoms with E-state index in [0.717, 1.165) is 27.5 Å². The number of aliphatic carboxylic acids is 1. The average molecular weight is 523 g/mol. The maximum Gasteiger partial charge on any atom is 0.490 e. The summed E-state index contributed by atoms with van der Waals surface area (Å²) in [5.41, 5.74) is 1.64. The van der Waals surface area contributed by atoms with Gasteiger partial charge in [0.25, 0.3) is 10.0 Å². The second kappa shape index (κ2) is 10.6. The van der Waals surface area contributed by atoms with Gasteiger partial charge in [-0.3, -0.25) is 0 Å². The summed E-state index contributed by atoms with van der Waals surface area (Å²) in [5.74, 6) is -1.97. The molecule has 1 N–H and O–H groups in total. The highest BCUT2D eigenvalue weighted by Crippen LogP contribution is 2.32. The molecule has 7 nitrogen and oxygen atoms in total. The van der Waals surface area contributed by atoms with Crippen molar-refractivity contribution in [2.75, 3.05) is 20.7 Å². The van der Waals surface area contributed by atoms with Gasteiger partial charge in [0.15, 0.2) is 0 Å². The van der Waals surface area contributed by atoms with Crippen LogP contribution in [0.25, 0.3) is 21.7 Å². The largest absolute Gasteiger partial charge is 0.494 e. The van der Waals surface area contributed by atoms with Crippen LogP contribution in [0.5, 0.6) is 5.75 Å². The van der Waals surface area contributed by atoms with Crippen LogP contribution in [-0.4, -0.2) is 55.2 Å². The number of hydrogen-bond donors (Lipinski definition) is 1. The molecule has 0 aliphatic heterocycles. The van der Waals surface area contributed by atoms with Crippen LogP contribution in [0, 0.1) is 0 Å². The number of aromatic nitrogens is 1. The van der Waals surface area contributed by atoms with Crippen LogP contribution >= 0.6 is 0 Å². The van der Waals surface area contributed by atoms with Gasteiger partial charge in [0.05, 0.1) is 17.0 Å². The summed E-state index contributed by atoms with van der Waals surface area (Å²) in [6.45, 7) is 3.16. The molecule has 0 spiro atoms. The summed E-state index contributed by atoms with van der Waals surface area (Å²) in [5, 5.41) is 9.92. The number of ether oxygens (including phenoxy) is 1. The molecular weight excluding hydrogens is 497 g/mol. The molecule has 0 fully saturated rings. The number of nitrogens with zero attached hydrogens (tertiary/aromatic N) is 2. The second-order valence-corrected chi connectivity index (χ2v) is 9.89. The summed E-state index contributed by atoms with van der Waals surface area (Å²) in [4.78, 5) is 11.2. The van der Waals surface area contributed by atoms with Crippen molar-refractivity contribution in [3.05, 3.63) is 72.4 Å². The van der Waals surface area contributed by atoms with Crippen molar-refractivity contribution in [3.8, 4) is 5.75 Å². The first-order valence-electron chi connectivity index (χ1n) is 10.8. The molecule has 0 atom stereocenters. The molecule has 0 saturated heterocycles. The Hall–Kier alpha value is -3.57. The molecular formula is C25H25F3N2O5S. The molecule has 1 heterocycles. The summed E-state index contributed by atoms with van der Waals surface area (Å²) in [6, 6.07) is 18.5. The molecule has 192 valence electrons. The zero-order valence-corrected chi connectivity index (χ0v) is 20.6. The van der Waals surface area contributed by atoms with E-state index >= 15 is 0 Å². The van der Waals surface area contributed by atoms with Crippen LogP contribution in [0.1, 0.15) is 12.5 Å². The van der Waals surface area contributed by atoms with Crippen molar-refractivity contribution in [2.45, 2.75) is 24.5 Å². The maximum atomic E-state index is 13.4. The van der Waals surface area contributed by atoms with E-state index in [-0.39, 0.29) is 4.90 Å². The van der Waals surface area contributed by atoms with Gasteiger partial charge in [-0.25, -0.2) is 17.2 Å². The number of carboxylic acids is 1. The van der Waals surface area contributed by atoms with Gasteiger partial charge in [0.1, 0.15) is 5.75 Å². The van der Waals surface area contributed by atoms with Crippen molar-refractivity contribution in [1.29, 1.82) is 0 Å². The Morgan fingerprint density at radius 3 is 2.25 bits per heavy atom. The topological polar surface area (TPSA) is 88.8 Å². The fraction of sp³-hybridized carbons (Fsp3) is 0.240. The van der Waals surface area contributed by atoms with E-state index < -0.39 is 22.2 Å². The normalized spacial score (nSPS) is 12.0. The first kappa shape index (κ1) is 27.0. The summed E-state index contributed by atoms with van der Waals surface area (Å²) < 4.78 is 65.7. The minimum Gasteiger partial charge on any atom is -0.494 e. The third-order valence-corrected chi connectivity index (χ3v) is 6.89. The lowest BCUT2D eigenvalue weighted by molar-refractivity contribution is -0.192. The predicted molar refractivity (Wildman–Crippen MR) is 131 cm³/mol. The standard InChI is InChI=1S/C23H24N2O3S.C2HF3O2/c1-4-28-23-12-11-22-20(21(23)16-24(2)3)13-14-25(22)29(26,27)19-10-9-17-7-5-6-8-18(17)15-19;3-2(4,5)1(6)7/h5-15H,4,16H2,1-3H3;(H,6,7). The van der Waals surface area contributed by atoms with Crippen LogP contribution < -0.4 is 4.74 Å². The molecule has 11 heteroatoms. The van der Waals surface area contributed by atoms with Gasteiger partial charge in [-0.2, -0.15) is 13.2 Å². The highest BCUT2D eigenvalue weighted by Gasteiger charge is 2.38. The minimum atomic E-state index is -5.08. The fourth-order valence-corrected chi connectivity index (χ4v) is 5.04. The third-order valence-electron chi connectivity index (χ3n) is 5.20. The minimum absolute atomic E-state index is 0.275. The van der Waals surface area contributed by atoms with Gasteiger partial charge in [0.2, 0.25) is 0 Å². The number of hydrogen-bond acceptors (Lipinski definition) is 5. The van der Waals surface area contributed by atoms with Crippen LogP contribution in [-0.2, 0) is 21.4 Å². The van der Waals surface area contributed by atoms with Gasteiger partial charge < -0.3 is 14.7 Å². The summed E-state index contributed by atoms with van der Waals surface area (Å²) >= 11 is 0. The van der Waals surface area contributed by atoms with E-state index in [1.165, 1.54) is 3.97 Å². The number of fused-ring (bicyclic) bond motifs is 2. The van der Waals surface area contributed by atoms with Gasteiger partial charge >= 0.3 is 12.1 Å². The Balaban J connectivity index is 0.000000454. The Bertz CT molecular complexity index is 1490. The monoisotopic (exact) mass is 522 g/mol. The lowest BCUT2D eigenvalue weighted by Crippen LogP contribution is -2.21. The number of benzene rings is 3. The van der Waals surface area contributed by atoms with Gasteiger partial charge in [-0.15, -0.1) is 0 Å². The molecule has 0 bridgehead atoms. The Morgan fingerprint density at radius 2 is 1.67 bits per heavy atom. The fourth-order valence-electron chi connectivity index (χ4n) is 3.65. The van der Waals surface area contributed by atoms with E-state index in [2.05, 4.69) is 0 Å². The van der Waals surface area contributed by atoms with Crippen molar-refractivity contribution in [3.63, 3.8) is 0 Å². The zero-order valence-electron chi connectivity index (χ0n) is 19.8. The van der Waals surface area contributed by atoms with Crippen LogP contribution in [0.3, 0.4) is 0 Å². The van der Waals surface area contributed by atoms with Gasteiger partial charge in [-0.1, -0.05) is 30.3 Å². The van der Waals surface area contributed by atoms with Crippen molar-refractivity contribution >= 4 is 37.7 Å². The average Bonchev–Trinajstić information content (AvgIpc) is 3.25. The molecule has 0 radical (unpaired) electrons. The Labute approximate surface area is 206 Å². The smallest absolute Gasteiger partial charge is 0.490 e. The van der Waals surface area contributed by atoms with Crippen molar-refractivity contribution in [2.24, 2.45) is 0 Å². The van der Waals surface area contributed by atoms with Gasteiger partial charge in [0, 0.05) is 23.7 Å². The van der Waals surface area contributed by atoms with Gasteiger partial charge in [-0.05, 0) is 62.1 Å². The molecule has 0 aliphatic carbocycles. The van der Waals surface area contributed by atoms with E-state index in [9.17, 15) is 21.6 Å². The zero-order chi connectivity index (χ0) is 26.7. The van der Waals surface area contributed by atoms with Crippen molar-refractivity contribution in [1.82, 2.24) is 8.87 Å². The molecule has 4 aromatic rings. The van der Waals surface area contributed by atoms with Crippen LogP contribution in [0.2, 0.25) is 0 Å². The molecule has 4 rings (SSSR count). The van der Waals surface area contributed by atoms with Crippen LogP contribution in [0.4, 0.5) is 13.2 Å². The maximum absolute atomic E-state index is 13.4. The molecule has 0 unspecified atom stereocenters. The summed E-state index contributed by atoms with van der Waals surface area (Å²) in [7, 11) is 0.245. The second-order valence-electron chi connectivity index (χ2n) is 8.07. The number of carbonyl (C=O) groups is 1. The first-order valence-corrected chi connectivity index (χ1v) is 12.2. The Morgan fingerprint density at radius 1 is 1.03 bits per heavy atom. The van der Waals surface area contributed by atoms with E-state index in [0.29, 0.717) is 18.7 Å². The molecule has 1 aromatic heterocycles. The molecule has 3 aromatic carbocycles. The van der Waals surface area contributed by atoms with E-state index in [1.807, 2.05) is 74.4 Å². The van der Waals surface area contributed by atoms with Crippen molar-refractivity contribution < 1.29 is 36.2 Å². The highest BCUT2D eigenvalue weighted by atomic mass is 32.2. The predicted octanol–water partition coefficient (Wildman–Crippen LogP) is 5.13. The third kappa shape index (κ3) is 5.80. The lowest BCUT2D eigenvalue weighted by atomic mass is 10.1. The highest BCUT2D eigenvalue weighted by molar-refractivity contribution is 7.90. The molecule has 0 amide bonds.